The molecular weight excluding hydrogens is 180 g/mol. The van der Waals surface area contributed by atoms with E-state index in [9.17, 15) is 9.90 Å². The van der Waals surface area contributed by atoms with E-state index in [0.717, 1.165) is 19.3 Å². The molecule has 0 spiro atoms. The summed E-state index contributed by atoms with van der Waals surface area (Å²) in [5.74, 6) is 0. The van der Waals surface area contributed by atoms with Gasteiger partial charge in [0.25, 0.3) is 0 Å². The molecule has 0 aromatic heterocycles. The third-order valence-electron chi connectivity index (χ3n) is 2.74. The van der Waals surface area contributed by atoms with E-state index in [1.165, 1.54) is 0 Å². The number of carbonyl (C=O) groups excluding carboxylic acids is 1. The summed E-state index contributed by atoms with van der Waals surface area (Å²) in [6.45, 7) is 3.70. The summed E-state index contributed by atoms with van der Waals surface area (Å²) in [6.07, 6.45) is 4.98. The lowest BCUT2D eigenvalue weighted by atomic mass is 9.77. The Morgan fingerprint density at radius 3 is 2.43 bits per heavy atom. The first-order valence-corrected chi connectivity index (χ1v) is 5.32. The van der Waals surface area contributed by atoms with Crippen molar-refractivity contribution in [1.29, 1.82) is 0 Å². The normalized spacial score (nSPS) is 17.4. The van der Waals surface area contributed by atoms with Gasteiger partial charge >= 0.3 is 0 Å². The van der Waals surface area contributed by atoms with Crippen molar-refractivity contribution in [3.63, 3.8) is 0 Å². The van der Waals surface area contributed by atoms with E-state index in [2.05, 4.69) is 6.92 Å². The second-order valence-electron chi connectivity index (χ2n) is 3.88. The molecule has 0 bridgehead atoms. The number of hydrogen-bond donors (Lipinski definition) is 2. The van der Waals surface area contributed by atoms with Crippen LogP contribution in [0.4, 0.5) is 0 Å². The highest BCUT2D eigenvalue weighted by atomic mass is 16.3. The monoisotopic (exact) mass is 201 g/mol. The highest BCUT2D eigenvalue weighted by Gasteiger charge is 2.30. The molecule has 3 nitrogen and oxygen atoms in total. The second kappa shape index (κ2) is 6.96. The molecule has 0 amide bonds. The van der Waals surface area contributed by atoms with Crippen LogP contribution in [0.1, 0.15) is 46.0 Å². The Kier molecular flexibility index (Phi) is 6.75. The van der Waals surface area contributed by atoms with Crippen LogP contribution in [0.5, 0.6) is 0 Å². The quantitative estimate of drug-likeness (QED) is 0.624. The predicted molar refractivity (Wildman–Crippen MR) is 55.7 cm³/mol. The molecule has 3 heteroatoms. The van der Waals surface area contributed by atoms with Gasteiger partial charge in [0.15, 0.2) is 0 Å². The summed E-state index contributed by atoms with van der Waals surface area (Å²) in [6, 6.07) is 0. The number of hydrogen-bond acceptors (Lipinski definition) is 3. The van der Waals surface area contributed by atoms with Crippen molar-refractivity contribution in [2.24, 2.45) is 5.41 Å². The highest BCUT2D eigenvalue weighted by molar-refractivity contribution is 5.60. The Balaban J connectivity index is 4.28. The molecule has 0 saturated carbocycles. The molecule has 0 heterocycles. The van der Waals surface area contributed by atoms with Crippen LogP contribution in [0.15, 0.2) is 0 Å². The van der Waals surface area contributed by atoms with Gasteiger partial charge in [-0.15, -0.1) is 0 Å². The fourth-order valence-corrected chi connectivity index (χ4v) is 1.62. The first-order chi connectivity index (χ1) is 6.64. The number of aliphatic hydroxyl groups excluding tert-OH is 2. The maximum atomic E-state index is 10.9. The van der Waals surface area contributed by atoms with Gasteiger partial charge in [0.05, 0.1) is 12.7 Å². The van der Waals surface area contributed by atoms with Crippen molar-refractivity contribution in [3.8, 4) is 0 Å². The molecule has 0 aliphatic heterocycles. The van der Waals surface area contributed by atoms with Crippen LogP contribution in [0.3, 0.4) is 0 Å². The summed E-state index contributed by atoms with van der Waals surface area (Å²) in [5, 5.41) is 18.1. The van der Waals surface area contributed by atoms with Gasteiger partial charge in [-0.2, -0.15) is 0 Å². The van der Waals surface area contributed by atoms with Gasteiger partial charge in [0, 0.05) is 5.41 Å². The summed E-state index contributed by atoms with van der Waals surface area (Å²) < 4.78 is 0. The zero-order valence-electron chi connectivity index (χ0n) is 9.12. The van der Waals surface area contributed by atoms with Crippen LogP contribution in [-0.2, 0) is 4.79 Å². The van der Waals surface area contributed by atoms with Crippen molar-refractivity contribution in [3.05, 3.63) is 0 Å². The molecule has 0 aromatic rings. The van der Waals surface area contributed by atoms with E-state index in [1.54, 1.807) is 0 Å². The lowest BCUT2D eigenvalue weighted by molar-refractivity contribution is 0.0597. The van der Waals surface area contributed by atoms with Crippen LogP contribution in [0, 0.1) is 5.41 Å². The molecule has 0 aromatic carbocycles. The van der Waals surface area contributed by atoms with Crippen molar-refractivity contribution in [2.75, 3.05) is 6.61 Å². The maximum absolute atomic E-state index is 10.9. The number of rotatable bonds is 8. The largest absolute Gasteiger partial charge is 0.394 e. The second-order valence-corrected chi connectivity index (χ2v) is 3.88. The van der Waals surface area contributed by atoms with Gasteiger partial charge < -0.3 is 10.2 Å². The van der Waals surface area contributed by atoms with Crippen molar-refractivity contribution >= 4 is 6.29 Å². The predicted octanol–water partition coefficient (Wildman–Crippen LogP) is 1.43. The lowest BCUT2D eigenvalue weighted by Gasteiger charge is -2.27. The van der Waals surface area contributed by atoms with Crippen molar-refractivity contribution in [2.45, 2.75) is 52.1 Å². The fraction of sp³-hybridized carbons (Fsp3) is 0.909. The smallest absolute Gasteiger partial charge is 0.205 e. The molecule has 0 aliphatic rings. The Hall–Kier alpha value is -0.410. The average molecular weight is 201 g/mol. The Morgan fingerprint density at radius 2 is 2.07 bits per heavy atom. The maximum Gasteiger partial charge on any atom is 0.205 e. The van der Waals surface area contributed by atoms with Gasteiger partial charge in [0.2, 0.25) is 6.29 Å². The zero-order chi connectivity index (χ0) is 11.0. The molecule has 0 fully saturated rings. The summed E-state index contributed by atoms with van der Waals surface area (Å²) in [5.41, 5.74) is -0.557. The first kappa shape index (κ1) is 13.6. The first-order valence-electron chi connectivity index (χ1n) is 5.32. The van der Waals surface area contributed by atoms with Gasteiger partial charge in [-0.25, -0.2) is 0 Å². The molecule has 0 rings (SSSR count). The van der Waals surface area contributed by atoms with E-state index < -0.39 is 11.5 Å². The third kappa shape index (κ3) is 4.20. The Labute approximate surface area is 86.1 Å². The Morgan fingerprint density at radius 1 is 1.43 bits per heavy atom. The Bertz CT molecular complexity index is 159. The highest BCUT2D eigenvalue weighted by Crippen LogP contribution is 2.31. The van der Waals surface area contributed by atoms with Crippen molar-refractivity contribution in [1.82, 2.24) is 0 Å². The molecule has 1 radical (unpaired) electrons. The third-order valence-corrected chi connectivity index (χ3v) is 2.74. The van der Waals surface area contributed by atoms with E-state index in [0.29, 0.717) is 12.8 Å². The van der Waals surface area contributed by atoms with Gasteiger partial charge in [-0.1, -0.05) is 26.7 Å². The molecule has 83 valence electrons. The van der Waals surface area contributed by atoms with Gasteiger partial charge in [-0.05, 0) is 19.3 Å². The van der Waals surface area contributed by atoms with Gasteiger partial charge in [0.1, 0.15) is 0 Å². The summed E-state index contributed by atoms with van der Waals surface area (Å²) >= 11 is 0. The lowest BCUT2D eigenvalue weighted by Crippen LogP contribution is -2.29. The van der Waals surface area contributed by atoms with E-state index in [4.69, 9.17) is 5.11 Å². The van der Waals surface area contributed by atoms with Gasteiger partial charge in [-0.3, -0.25) is 4.79 Å². The van der Waals surface area contributed by atoms with Crippen LogP contribution >= 0.6 is 0 Å². The average Bonchev–Trinajstić information content (AvgIpc) is 2.24. The number of aliphatic hydroxyl groups is 2. The number of unbranched alkanes of at least 4 members (excludes halogenated alkanes) is 1. The van der Waals surface area contributed by atoms with Crippen LogP contribution in [0.25, 0.3) is 0 Å². The molecule has 2 unspecified atom stereocenters. The molecule has 0 saturated heterocycles. The molecule has 2 atom stereocenters. The topological polar surface area (TPSA) is 57.5 Å². The molecular formula is C11H21O3. The minimum atomic E-state index is -0.798. The SMILES string of the molecule is CCCCC([C]=O)(CC)CC(O)CO. The zero-order valence-corrected chi connectivity index (χ0v) is 9.12. The fourth-order valence-electron chi connectivity index (χ4n) is 1.62. The molecule has 2 N–H and O–H groups in total. The minimum Gasteiger partial charge on any atom is -0.394 e. The van der Waals surface area contributed by atoms with Crippen LogP contribution in [-0.4, -0.2) is 29.2 Å². The minimum absolute atomic E-state index is 0.282. The van der Waals surface area contributed by atoms with E-state index >= 15 is 0 Å². The van der Waals surface area contributed by atoms with Crippen LogP contribution < -0.4 is 0 Å². The molecule has 0 aliphatic carbocycles. The summed E-state index contributed by atoms with van der Waals surface area (Å²) in [7, 11) is 0. The van der Waals surface area contributed by atoms with E-state index in [1.807, 2.05) is 13.2 Å². The van der Waals surface area contributed by atoms with E-state index in [-0.39, 0.29) is 6.61 Å². The summed E-state index contributed by atoms with van der Waals surface area (Å²) in [4.78, 5) is 10.9. The molecule has 14 heavy (non-hydrogen) atoms. The van der Waals surface area contributed by atoms with Crippen molar-refractivity contribution < 1.29 is 15.0 Å². The standard InChI is InChI=1S/C11H21O3/c1-3-5-6-11(4-2,9-13)7-10(14)8-12/h10,12,14H,3-8H2,1-2H3. The van der Waals surface area contributed by atoms with Crippen LogP contribution in [0.2, 0.25) is 0 Å².